The number of aliphatic imine (C=N–C) groups is 1. The number of rotatable bonds is 6. The summed E-state index contributed by atoms with van der Waals surface area (Å²) in [7, 11) is 1.71. The molecule has 160 valence electrons. The van der Waals surface area contributed by atoms with Crippen LogP contribution in [0.25, 0.3) is 0 Å². The van der Waals surface area contributed by atoms with Crippen LogP contribution in [0.15, 0.2) is 47.5 Å². The second kappa shape index (κ2) is 9.71. The van der Waals surface area contributed by atoms with Gasteiger partial charge in [0, 0.05) is 23.7 Å². The van der Waals surface area contributed by atoms with Crippen LogP contribution in [0.2, 0.25) is 0 Å². The molecular formula is C23H30N4O3. The Hall–Kier alpha value is -2.93. The monoisotopic (exact) mass is 410 g/mol. The van der Waals surface area contributed by atoms with E-state index in [1.807, 2.05) is 36.4 Å². The molecule has 4 rings (SSSR count). The highest BCUT2D eigenvalue weighted by Crippen LogP contribution is 2.33. The molecule has 0 saturated carbocycles. The molecule has 0 aromatic heterocycles. The summed E-state index contributed by atoms with van der Waals surface area (Å²) in [6.07, 6.45) is 3.29. The number of benzene rings is 2. The zero-order valence-electron chi connectivity index (χ0n) is 17.5. The van der Waals surface area contributed by atoms with Gasteiger partial charge >= 0.3 is 0 Å². The van der Waals surface area contributed by atoms with Gasteiger partial charge in [-0.2, -0.15) is 0 Å². The summed E-state index contributed by atoms with van der Waals surface area (Å²) >= 11 is 0. The van der Waals surface area contributed by atoms with Gasteiger partial charge in [0.25, 0.3) is 0 Å². The molecule has 2 aliphatic rings. The fraction of sp³-hybridized carbons (Fsp3) is 0.435. The van der Waals surface area contributed by atoms with E-state index in [9.17, 15) is 0 Å². The maximum Gasteiger partial charge on any atom is 0.193 e. The Bertz CT molecular complexity index is 881. The van der Waals surface area contributed by atoms with Gasteiger partial charge in [-0.05, 0) is 44.1 Å². The van der Waals surface area contributed by atoms with Gasteiger partial charge in [0.1, 0.15) is 5.75 Å². The van der Waals surface area contributed by atoms with Gasteiger partial charge < -0.3 is 25.3 Å². The summed E-state index contributed by atoms with van der Waals surface area (Å²) in [6.45, 7) is 4.01. The van der Waals surface area contributed by atoms with Crippen molar-refractivity contribution >= 4 is 11.6 Å². The number of fused-ring (bicyclic) bond motifs is 1. The number of methoxy groups -OCH3 is 1. The van der Waals surface area contributed by atoms with E-state index in [0.29, 0.717) is 25.7 Å². The number of hydrogen-bond acceptors (Lipinski definition) is 5. The molecule has 1 fully saturated rings. The van der Waals surface area contributed by atoms with Crippen molar-refractivity contribution in [2.24, 2.45) is 10.7 Å². The van der Waals surface area contributed by atoms with Crippen LogP contribution < -0.4 is 25.3 Å². The van der Waals surface area contributed by atoms with Crippen molar-refractivity contribution in [2.75, 3.05) is 45.3 Å². The molecule has 0 bridgehead atoms. The van der Waals surface area contributed by atoms with E-state index in [4.69, 9.17) is 19.9 Å². The molecule has 2 aromatic carbocycles. The first-order valence-corrected chi connectivity index (χ1v) is 10.6. The minimum atomic E-state index is 0.132. The maximum absolute atomic E-state index is 6.23. The van der Waals surface area contributed by atoms with Gasteiger partial charge in [-0.25, -0.2) is 0 Å². The number of para-hydroxylation sites is 1. The van der Waals surface area contributed by atoms with Crippen molar-refractivity contribution in [1.29, 1.82) is 0 Å². The lowest BCUT2D eigenvalue weighted by Crippen LogP contribution is -2.30. The van der Waals surface area contributed by atoms with E-state index in [0.717, 1.165) is 48.0 Å². The Morgan fingerprint density at radius 2 is 1.87 bits per heavy atom. The molecule has 0 spiro atoms. The molecule has 0 aliphatic carbocycles. The molecule has 0 radical (unpaired) electrons. The largest absolute Gasteiger partial charge is 0.496 e. The third-order valence-corrected chi connectivity index (χ3v) is 5.53. The average molecular weight is 411 g/mol. The third-order valence-electron chi connectivity index (χ3n) is 5.53. The number of nitrogens with one attached hydrogen (secondary N) is 1. The van der Waals surface area contributed by atoms with Gasteiger partial charge in [-0.3, -0.25) is 9.89 Å². The lowest BCUT2D eigenvalue weighted by atomic mass is 10.0. The van der Waals surface area contributed by atoms with E-state index < -0.39 is 0 Å². The Balaban J connectivity index is 1.49. The normalized spacial score (nSPS) is 18.0. The highest BCUT2D eigenvalue weighted by atomic mass is 16.5. The first kappa shape index (κ1) is 20.3. The van der Waals surface area contributed by atoms with Crippen LogP contribution in [0.4, 0.5) is 5.69 Å². The molecule has 0 amide bonds. The fourth-order valence-corrected chi connectivity index (χ4v) is 4.02. The minimum absolute atomic E-state index is 0.132. The van der Waals surface area contributed by atoms with Crippen molar-refractivity contribution < 1.29 is 14.2 Å². The zero-order chi connectivity index (χ0) is 20.8. The Morgan fingerprint density at radius 1 is 1.10 bits per heavy atom. The Labute approximate surface area is 177 Å². The van der Waals surface area contributed by atoms with E-state index in [1.54, 1.807) is 7.11 Å². The van der Waals surface area contributed by atoms with Crippen LogP contribution in [0.3, 0.4) is 0 Å². The third kappa shape index (κ3) is 4.79. The second-order valence-corrected chi connectivity index (χ2v) is 7.56. The minimum Gasteiger partial charge on any atom is -0.496 e. The zero-order valence-corrected chi connectivity index (χ0v) is 17.5. The predicted octanol–water partition coefficient (Wildman–Crippen LogP) is 3.42. The topological polar surface area (TPSA) is 81.3 Å². The smallest absolute Gasteiger partial charge is 0.193 e. The highest BCUT2D eigenvalue weighted by Gasteiger charge is 2.25. The molecule has 2 aromatic rings. The summed E-state index contributed by atoms with van der Waals surface area (Å²) in [6, 6.07) is 14.0. The van der Waals surface area contributed by atoms with Crippen LogP contribution in [-0.4, -0.2) is 50.8 Å². The number of likely N-dealkylation sites (tertiary alicyclic amines) is 1. The molecule has 1 saturated heterocycles. The quantitative estimate of drug-likeness (QED) is 0.561. The lowest BCUT2D eigenvalue weighted by molar-refractivity contribution is 0.245. The van der Waals surface area contributed by atoms with Crippen LogP contribution >= 0.6 is 0 Å². The van der Waals surface area contributed by atoms with Crippen molar-refractivity contribution in [3.8, 4) is 17.2 Å². The van der Waals surface area contributed by atoms with Crippen LogP contribution in [0.1, 0.15) is 30.9 Å². The molecule has 1 unspecified atom stereocenters. The van der Waals surface area contributed by atoms with E-state index in [-0.39, 0.29) is 6.04 Å². The number of ether oxygens (including phenoxy) is 3. The standard InChI is InChI=1S/C23H30N4O3/c1-28-20-8-3-2-7-18(20)19(27-11-4-5-12-27)16-25-23(24)26-17-9-10-21-22(15-17)30-14-6-13-29-21/h2-3,7-10,15,19H,4-6,11-14,16H2,1H3,(H3,24,25,26). The summed E-state index contributed by atoms with van der Waals surface area (Å²) < 4.78 is 17.0. The summed E-state index contributed by atoms with van der Waals surface area (Å²) in [5.41, 5.74) is 8.20. The second-order valence-electron chi connectivity index (χ2n) is 7.56. The number of nitrogens with zero attached hydrogens (tertiary/aromatic N) is 2. The molecule has 7 nitrogen and oxygen atoms in total. The molecule has 7 heteroatoms. The van der Waals surface area contributed by atoms with Gasteiger partial charge in [0.05, 0.1) is 32.9 Å². The van der Waals surface area contributed by atoms with Gasteiger partial charge in [-0.15, -0.1) is 0 Å². The molecule has 2 aliphatic heterocycles. The highest BCUT2D eigenvalue weighted by molar-refractivity contribution is 5.92. The fourth-order valence-electron chi connectivity index (χ4n) is 4.02. The van der Waals surface area contributed by atoms with Gasteiger partial charge in [0.2, 0.25) is 0 Å². The number of hydrogen-bond donors (Lipinski definition) is 2. The SMILES string of the molecule is COc1ccccc1C(CN=C(N)Nc1ccc2c(c1)OCCCO2)N1CCCC1. The number of anilines is 1. The van der Waals surface area contributed by atoms with E-state index in [2.05, 4.69) is 21.3 Å². The van der Waals surface area contributed by atoms with Gasteiger partial charge in [-0.1, -0.05) is 18.2 Å². The first-order chi connectivity index (χ1) is 14.7. The summed E-state index contributed by atoms with van der Waals surface area (Å²) in [5.74, 6) is 2.76. The van der Waals surface area contributed by atoms with Crippen molar-refractivity contribution in [3.63, 3.8) is 0 Å². The van der Waals surface area contributed by atoms with Crippen LogP contribution in [0.5, 0.6) is 17.2 Å². The van der Waals surface area contributed by atoms with Crippen molar-refractivity contribution in [1.82, 2.24) is 4.90 Å². The van der Waals surface area contributed by atoms with Crippen LogP contribution in [0, 0.1) is 0 Å². The molecule has 3 N–H and O–H groups in total. The summed E-state index contributed by atoms with van der Waals surface area (Å²) in [5, 5.41) is 3.18. The number of guanidine groups is 1. The Kier molecular flexibility index (Phi) is 6.59. The predicted molar refractivity (Wildman–Crippen MR) is 119 cm³/mol. The van der Waals surface area contributed by atoms with Crippen LogP contribution in [-0.2, 0) is 0 Å². The Morgan fingerprint density at radius 3 is 2.67 bits per heavy atom. The molecule has 2 heterocycles. The van der Waals surface area contributed by atoms with E-state index >= 15 is 0 Å². The van der Waals surface area contributed by atoms with E-state index in [1.165, 1.54) is 12.8 Å². The lowest BCUT2D eigenvalue weighted by Gasteiger charge is -2.28. The number of nitrogens with two attached hydrogens (primary N) is 1. The van der Waals surface area contributed by atoms with Crippen molar-refractivity contribution in [2.45, 2.75) is 25.3 Å². The maximum atomic E-state index is 6.23. The summed E-state index contributed by atoms with van der Waals surface area (Å²) in [4.78, 5) is 7.12. The molecule has 1 atom stereocenters. The average Bonchev–Trinajstić information content (AvgIpc) is 3.19. The first-order valence-electron chi connectivity index (χ1n) is 10.6. The van der Waals surface area contributed by atoms with Crippen molar-refractivity contribution in [3.05, 3.63) is 48.0 Å². The van der Waals surface area contributed by atoms with Gasteiger partial charge in [0.15, 0.2) is 17.5 Å². The molecular weight excluding hydrogens is 380 g/mol. The molecule has 30 heavy (non-hydrogen) atoms.